The van der Waals surface area contributed by atoms with Crippen LogP contribution in [-0.2, 0) is 4.74 Å². The van der Waals surface area contributed by atoms with Gasteiger partial charge in [-0.2, -0.15) is 0 Å². The third-order valence-corrected chi connectivity index (χ3v) is 7.36. The Morgan fingerprint density at radius 1 is 1.06 bits per heavy atom. The van der Waals surface area contributed by atoms with Gasteiger partial charge in [0.15, 0.2) is 0 Å². The molecule has 2 aromatic carbocycles. The van der Waals surface area contributed by atoms with Crippen molar-refractivity contribution >= 4 is 17.5 Å². The van der Waals surface area contributed by atoms with E-state index in [1.807, 2.05) is 17.0 Å². The second-order valence-corrected chi connectivity index (χ2v) is 9.41. The summed E-state index contributed by atoms with van der Waals surface area (Å²) in [6.07, 6.45) is 1.93. The van der Waals surface area contributed by atoms with Crippen LogP contribution in [0.1, 0.15) is 52.9 Å². The Bertz CT molecular complexity index is 962. The lowest BCUT2D eigenvalue weighted by Crippen LogP contribution is -2.49. The van der Waals surface area contributed by atoms with Gasteiger partial charge in [-0.3, -0.25) is 9.69 Å². The minimum atomic E-state index is 0.114. The minimum absolute atomic E-state index is 0.114. The van der Waals surface area contributed by atoms with Gasteiger partial charge in [0.05, 0.1) is 6.61 Å². The molecule has 2 aromatic rings. The van der Waals surface area contributed by atoms with Gasteiger partial charge in [0.25, 0.3) is 5.91 Å². The van der Waals surface area contributed by atoms with Gasteiger partial charge in [0.1, 0.15) is 5.75 Å². The van der Waals surface area contributed by atoms with Gasteiger partial charge in [0, 0.05) is 61.9 Å². The summed E-state index contributed by atoms with van der Waals surface area (Å²) < 4.78 is 11.1. The molecule has 0 spiro atoms. The average molecular weight is 457 g/mol. The van der Waals surface area contributed by atoms with Crippen LogP contribution in [0.4, 0.5) is 0 Å². The van der Waals surface area contributed by atoms with Crippen molar-refractivity contribution in [2.45, 2.75) is 51.7 Å². The van der Waals surface area contributed by atoms with E-state index in [4.69, 9.17) is 21.1 Å². The van der Waals surface area contributed by atoms with Crippen molar-refractivity contribution < 1.29 is 14.3 Å². The first kappa shape index (κ1) is 23.1. The van der Waals surface area contributed by atoms with Crippen LogP contribution < -0.4 is 4.74 Å². The van der Waals surface area contributed by atoms with Crippen LogP contribution in [0.2, 0.25) is 5.02 Å². The van der Waals surface area contributed by atoms with Crippen LogP contribution in [0.3, 0.4) is 0 Å². The van der Waals surface area contributed by atoms with Gasteiger partial charge < -0.3 is 14.4 Å². The van der Waals surface area contributed by atoms with E-state index in [0.29, 0.717) is 35.9 Å². The van der Waals surface area contributed by atoms with Crippen LogP contribution in [0.25, 0.3) is 0 Å². The van der Waals surface area contributed by atoms with E-state index in [1.54, 1.807) is 19.2 Å². The summed E-state index contributed by atoms with van der Waals surface area (Å²) >= 11 is 5.98. The van der Waals surface area contributed by atoms with E-state index in [9.17, 15) is 4.79 Å². The van der Waals surface area contributed by atoms with Crippen molar-refractivity contribution in [2.24, 2.45) is 0 Å². The molecule has 0 radical (unpaired) electrons. The van der Waals surface area contributed by atoms with Gasteiger partial charge in [-0.05, 0) is 74.2 Å². The summed E-state index contributed by atoms with van der Waals surface area (Å²) in [4.78, 5) is 17.6. The van der Waals surface area contributed by atoms with Crippen LogP contribution >= 0.6 is 11.6 Å². The van der Waals surface area contributed by atoms with E-state index in [-0.39, 0.29) is 11.9 Å². The molecule has 4 rings (SSSR count). The third kappa shape index (κ3) is 4.52. The normalized spacial score (nSPS) is 21.2. The fourth-order valence-corrected chi connectivity index (χ4v) is 5.29. The number of carbonyl (C=O) groups excluding carboxylic acids is 1. The molecular formula is C26H33ClN2O3. The number of carbonyl (C=O) groups is 1. The highest BCUT2D eigenvalue weighted by molar-refractivity contribution is 6.30. The van der Waals surface area contributed by atoms with Crippen LogP contribution in [0, 0.1) is 13.8 Å². The Morgan fingerprint density at radius 2 is 1.81 bits per heavy atom. The summed E-state index contributed by atoms with van der Waals surface area (Å²) in [7, 11) is 1.71. The average Bonchev–Trinajstić information content (AvgIpc) is 3.40. The monoisotopic (exact) mass is 456 g/mol. The molecule has 2 bridgehead atoms. The van der Waals surface area contributed by atoms with Crippen molar-refractivity contribution in [2.75, 3.05) is 33.4 Å². The molecule has 0 N–H and O–H groups in total. The maximum Gasteiger partial charge on any atom is 0.254 e. The highest BCUT2D eigenvalue weighted by atomic mass is 35.5. The van der Waals surface area contributed by atoms with Crippen molar-refractivity contribution in [3.63, 3.8) is 0 Å². The van der Waals surface area contributed by atoms with Crippen LogP contribution in [0.5, 0.6) is 5.75 Å². The number of benzene rings is 2. The Morgan fingerprint density at radius 3 is 2.47 bits per heavy atom. The molecule has 2 fully saturated rings. The number of halogens is 1. The molecule has 0 aromatic heterocycles. The Kier molecular flexibility index (Phi) is 7.08. The number of piperazine rings is 1. The molecule has 3 atom stereocenters. The fourth-order valence-electron chi connectivity index (χ4n) is 5.17. The predicted octanol–water partition coefficient (Wildman–Crippen LogP) is 5.03. The van der Waals surface area contributed by atoms with Crippen LogP contribution in [-0.4, -0.2) is 61.2 Å². The maximum absolute atomic E-state index is 13.0. The first-order valence-electron chi connectivity index (χ1n) is 11.4. The summed E-state index contributed by atoms with van der Waals surface area (Å²) in [5.41, 5.74) is 4.55. The van der Waals surface area contributed by atoms with Gasteiger partial charge >= 0.3 is 0 Å². The Balaban J connectivity index is 1.41. The molecule has 2 saturated heterocycles. The maximum atomic E-state index is 13.0. The third-order valence-electron chi connectivity index (χ3n) is 7.11. The number of ether oxygens (including phenoxy) is 2. The molecule has 2 aliphatic heterocycles. The molecule has 5 nitrogen and oxygen atoms in total. The van der Waals surface area contributed by atoms with Crippen molar-refractivity contribution in [3.05, 3.63) is 63.7 Å². The summed E-state index contributed by atoms with van der Waals surface area (Å²) in [6, 6.07) is 12.5. The number of fused-ring (bicyclic) bond motifs is 2. The number of nitrogens with zero attached hydrogens (tertiary/aromatic N) is 2. The van der Waals surface area contributed by atoms with Crippen molar-refractivity contribution in [3.8, 4) is 5.75 Å². The lowest BCUT2D eigenvalue weighted by atomic mass is 9.96. The number of likely N-dealkylation sites (tertiary alicyclic amines) is 2. The summed E-state index contributed by atoms with van der Waals surface area (Å²) in [6.45, 7) is 9.69. The Hall–Kier alpha value is -2.08. The highest BCUT2D eigenvalue weighted by Gasteiger charge is 2.47. The summed E-state index contributed by atoms with van der Waals surface area (Å²) in [5.74, 6) is 1.07. The number of amides is 1. The molecule has 1 amide bonds. The van der Waals surface area contributed by atoms with E-state index < -0.39 is 0 Å². The first-order chi connectivity index (χ1) is 15.4. The molecule has 2 heterocycles. The van der Waals surface area contributed by atoms with Crippen molar-refractivity contribution in [1.29, 1.82) is 0 Å². The summed E-state index contributed by atoms with van der Waals surface area (Å²) in [5, 5.41) is 0.654. The smallest absolute Gasteiger partial charge is 0.254 e. The number of rotatable bonds is 8. The molecule has 1 unspecified atom stereocenters. The fraction of sp³-hybridized carbons (Fsp3) is 0.500. The van der Waals surface area contributed by atoms with E-state index in [0.717, 1.165) is 31.7 Å². The SMILES string of the molecule is COCCCOc1ccc(C(C)N2C[C@H]3C[C@@H]2CN3C(=O)c2ccc(Cl)cc2)c(C)c1C. The van der Waals surface area contributed by atoms with E-state index in [1.165, 1.54) is 16.7 Å². The molecular weight excluding hydrogens is 424 g/mol. The van der Waals surface area contributed by atoms with Crippen molar-refractivity contribution in [1.82, 2.24) is 9.80 Å². The molecule has 32 heavy (non-hydrogen) atoms. The van der Waals surface area contributed by atoms with Gasteiger partial charge in [-0.1, -0.05) is 17.7 Å². The topological polar surface area (TPSA) is 42.0 Å². The molecule has 0 aliphatic carbocycles. The molecule has 2 aliphatic rings. The largest absolute Gasteiger partial charge is 0.493 e. The Labute approximate surface area is 196 Å². The number of hydrogen-bond donors (Lipinski definition) is 0. The zero-order chi connectivity index (χ0) is 22.8. The highest BCUT2D eigenvalue weighted by Crippen LogP contribution is 2.39. The molecule has 172 valence electrons. The minimum Gasteiger partial charge on any atom is -0.493 e. The number of methoxy groups -OCH3 is 1. The van der Waals surface area contributed by atoms with E-state index in [2.05, 4.69) is 37.8 Å². The second kappa shape index (κ2) is 9.82. The zero-order valence-electron chi connectivity index (χ0n) is 19.4. The predicted molar refractivity (Wildman–Crippen MR) is 128 cm³/mol. The van der Waals surface area contributed by atoms with Gasteiger partial charge in [-0.25, -0.2) is 0 Å². The quantitative estimate of drug-likeness (QED) is 0.522. The molecule has 0 saturated carbocycles. The zero-order valence-corrected chi connectivity index (χ0v) is 20.2. The van der Waals surface area contributed by atoms with Gasteiger partial charge in [0.2, 0.25) is 0 Å². The lowest BCUT2D eigenvalue weighted by Gasteiger charge is -2.38. The van der Waals surface area contributed by atoms with Gasteiger partial charge in [-0.15, -0.1) is 0 Å². The second-order valence-electron chi connectivity index (χ2n) is 8.98. The lowest BCUT2D eigenvalue weighted by molar-refractivity contribution is 0.0569. The standard InChI is InChI=1S/C26H33ClN2O3/c1-17-18(2)25(32-13-5-12-31-4)11-10-24(17)19(3)28-15-23-14-22(28)16-29(23)26(30)20-6-8-21(27)9-7-20/h6-11,19,22-23H,5,12-16H2,1-4H3/t19?,22-,23-/m1/s1. The molecule has 6 heteroatoms. The number of hydrogen-bond acceptors (Lipinski definition) is 4. The van der Waals surface area contributed by atoms with Crippen LogP contribution in [0.15, 0.2) is 36.4 Å². The first-order valence-corrected chi connectivity index (χ1v) is 11.8. The van der Waals surface area contributed by atoms with E-state index >= 15 is 0 Å².